The van der Waals surface area contributed by atoms with Gasteiger partial charge in [0.1, 0.15) is 0 Å². The molecule has 2 heterocycles. The zero-order valence-corrected chi connectivity index (χ0v) is 11.3. The molecule has 0 radical (unpaired) electrons. The highest BCUT2D eigenvalue weighted by molar-refractivity contribution is 5.56. The minimum Gasteiger partial charge on any atom is -0.380 e. The Morgan fingerprint density at radius 1 is 1.37 bits per heavy atom. The molecule has 4 heteroatoms. The van der Waals surface area contributed by atoms with Gasteiger partial charge < -0.3 is 5.32 Å². The maximum absolute atomic E-state index is 4.43. The van der Waals surface area contributed by atoms with Crippen molar-refractivity contribution in [1.82, 2.24) is 14.8 Å². The smallest absolute Gasteiger partial charge is 0.176 e. The number of anilines is 1. The van der Waals surface area contributed by atoms with Crippen molar-refractivity contribution < 1.29 is 0 Å². The Labute approximate surface area is 113 Å². The summed E-state index contributed by atoms with van der Waals surface area (Å²) in [6, 6.07) is 6.42. The molecule has 1 fully saturated rings. The Hall–Kier alpha value is -1.84. The summed E-state index contributed by atoms with van der Waals surface area (Å²) in [5.41, 5.74) is 1.05. The molecule has 0 amide bonds. The largest absolute Gasteiger partial charge is 0.380 e. The first-order chi connectivity index (χ1) is 9.33. The predicted octanol–water partition coefficient (Wildman–Crippen LogP) is 3.26. The van der Waals surface area contributed by atoms with E-state index < -0.39 is 0 Å². The third-order valence-electron chi connectivity index (χ3n) is 3.82. The Kier molecular flexibility index (Phi) is 3.49. The molecule has 1 saturated carbocycles. The highest BCUT2D eigenvalue weighted by Gasteiger charge is 2.20. The monoisotopic (exact) mass is 256 g/mol. The normalized spacial score (nSPS) is 16.9. The summed E-state index contributed by atoms with van der Waals surface area (Å²) in [5.74, 6) is 1.78. The van der Waals surface area contributed by atoms with Gasteiger partial charge in [-0.05, 0) is 37.5 Å². The fraction of sp³-hybridized carbons (Fsp3) is 0.467. The fourth-order valence-electron chi connectivity index (χ4n) is 2.64. The number of hydrogen-bond donors (Lipinski definition) is 1. The van der Waals surface area contributed by atoms with Crippen LogP contribution in [0, 0.1) is 5.92 Å². The summed E-state index contributed by atoms with van der Waals surface area (Å²) in [4.78, 5) is 4.43. The minimum atomic E-state index is 0.476. The van der Waals surface area contributed by atoms with Crippen molar-refractivity contribution in [2.75, 3.05) is 5.32 Å². The molecule has 0 bridgehead atoms. The zero-order valence-electron chi connectivity index (χ0n) is 11.3. The lowest BCUT2D eigenvalue weighted by Crippen LogP contribution is -2.24. The van der Waals surface area contributed by atoms with E-state index in [4.69, 9.17) is 0 Å². The van der Waals surface area contributed by atoms with E-state index in [1.165, 1.54) is 25.7 Å². The number of hydrogen-bond acceptors (Lipinski definition) is 3. The van der Waals surface area contributed by atoms with Crippen LogP contribution in [0.4, 0.5) is 5.69 Å². The molecule has 0 spiro atoms. The van der Waals surface area contributed by atoms with Gasteiger partial charge in [-0.2, -0.15) is 5.10 Å². The second-order valence-electron chi connectivity index (χ2n) is 5.40. The maximum Gasteiger partial charge on any atom is 0.176 e. The van der Waals surface area contributed by atoms with E-state index in [1.54, 1.807) is 17.1 Å². The van der Waals surface area contributed by atoms with Gasteiger partial charge in [-0.15, -0.1) is 0 Å². The van der Waals surface area contributed by atoms with Crippen LogP contribution in [0.15, 0.2) is 36.8 Å². The van der Waals surface area contributed by atoms with E-state index in [9.17, 15) is 0 Å². The van der Waals surface area contributed by atoms with Crippen molar-refractivity contribution in [3.63, 3.8) is 0 Å². The predicted molar refractivity (Wildman–Crippen MR) is 76.4 cm³/mol. The van der Waals surface area contributed by atoms with Crippen LogP contribution in [-0.2, 0) is 0 Å². The first-order valence-electron chi connectivity index (χ1n) is 7.04. The van der Waals surface area contributed by atoms with E-state index >= 15 is 0 Å². The second kappa shape index (κ2) is 5.43. The fourth-order valence-corrected chi connectivity index (χ4v) is 2.64. The van der Waals surface area contributed by atoms with Crippen LogP contribution in [-0.4, -0.2) is 20.8 Å². The van der Waals surface area contributed by atoms with E-state index in [1.807, 2.05) is 18.3 Å². The third-order valence-corrected chi connectivity index (χ3v) is 3.82. The molecule has 1 aliphatic carbocycles. The summed E-state index contributed by atoms with van der Waals surface area (Å²) in [5, 5.41) is 7.83. The average Bonchev–Trinajstić information content (AvgIpc) is 2.88. The molecule has 0 aliphatic heterocycles. The lowest BCUT2D eigenvalue weighted by atomic mass is 9.81. The zero-order chi connectivity index (χ0) is 13.1. The second-order valence-corrected chi connectivity index (χ2v) is 5.40. The Bertz CT molecular complexity index is 517. The van der Waals surface area contributed by atoms with E-state index in [-0.39, 0.29) is 0 Å². The minimum absolute atomic E-state index is 0.476. The summed E-state index contributed by atoms with van der Waals surface area (Å²) in [7, 11) is 0. The van der Waals surface area contributed by atoms with Gasteiger partial charge >= 0.3 is 0 Å². The van der Waals surface area contributed by atoms with Crippen molar-refractivity contribution in [3.05, 3.63) is 36.8 Å². The molecule has 100 valence electrons. The summed E-state index contributed by atoms with van der Waals surface area (Å²) in [6.45, 7) is 2.25. The van der Waals surface area contributed by atoms with Gasteiger partial charge in [0.05, 0.1) is 5.69 Å². The molecular formula is C15H20N4. The SMILES string of the molecule is CC(CC1CCC1)Nc1cccnc1-n1cccn1. The molecule has 1 N–H and O–H groups in total. The van der Waals surface area contributed by atoms with E-state index in [0.29, 0.717) is 6.04 Å². The first-order valence-corrected chi connectivity index (χ1v) is 7.04. The summed E-state index contributed by atoms with van der Waals surface area (Å²) < 4.78 is 1.80. The van der Waals surface area contributed by atoms with Crippen molar-refractivity contribution in [2.45, 2.75) is 38.6 Å². The van der Waals surface area contributed by atoms with Gasteiger partial charge in [-0.1, -0.05) is 19.3 Å². The maximum atomic E-state index is 4.43. The quantitative estimate of drug-likeness (QED) is 0.893. The topological polar surface area (TPSA) is 42.7 Å². The molecule has 1 atom stereocenters. The third kappa shape index (κ3) is 2.78. The number of rotatable bonds is 5. The van der Waals surface area contributed by atoms with Crippen molar-refractivity contribution in [2.24, 2.45) is 5.92 Å². The Morgan fingerprint density at radius 2 is 2.26 bits per heavy atom. The number of nitrogens with zero attached hydrogens (tertiary/aromatic N) is 3. The van der Waals surface area contributed by atoms with Crippen LogP contribution in [0.3, 0.4) is 0 Å². The van der Waals surface area contributed by atoms with E-state index in [0.717, 1.165) is 17.4 Å². The number of nitrogens with one attached hydrogen (secondary N) is 1. The first kappa shape index (κ1) is 12.2. The Balaban J connectivity index is 1.73. The van der Waals surface area contributed by atoms with Gasteiger partial charge in [0.15, 0.2) is 5.82 Å². The average molecular weight is 256 g/mol. The van der Waals surface area contributed by atoms with Crippen LogP contribution in [0.2, 0.25) is 0 Å². The molecule has 1 aliphatic rings. The lowest BCUT2D eigenvalue weighted by Gasteiger charge is -2.29. The van der Waals surface area contributed by atoms with Crippen LogP contribution < -0.4 is 5.32 Å². The van der Waals surface area contributed by atoms with Gasteiger partial charge in [0, 0.05) is 24.6 Å². The standard InChI is InChI=1S/C15H20N4/c1-12(11-13-5-2-6-13)18-14-7-3-8-16-15(14)19-10-4-9-17-19/h3-4,7-10,12-13,18H,2,5-6,11H2,1H3. The van der Waals surface area contributed by atoms with E-state index in [2.05, 4.69) is 28.4 Å². The van der Waals surface area contributed by atoms with Crippen molar-refractivity contribution in [3.8, 4) is 5.82 Å². The van der Waals surface area contributed by atoms with Crippen LogP contribution >= 0.6 is 0 Å². The van der Waals surface area contributed by atoms with Crippen molar-refractivity contribution in [1.29, 1.82) is 0 Å². The Morgan fingerprint density at radius 3 is 2.95 bits per heavy atom. The molecule has 0 saturated heterocycles. The van der Waals surface area contributed by atoms with Gasteiger partial charge in [0.25, 0.3) is 0 Å². The molecule has 4 nitrogen and oxygen atoms in total. The molecule has 1 unspecified atom stereocenters. The summed E-state index contributed by atoms with van der Waals surface area (Å²) in [6.07, 6.45) is 10.9. The van der Waals surface area contributed by atoms with Crippen LogP contribution in [0.1, 0.15) is 32.6 Å². The lowest BCUT2D eigenvalue weighted by molar-refractivity contribution is 0.286. The van der Waals surface area contributed by atoms with Crippen LogP contribution in [0.5, 0.6) is 0 Å². The molecule has 2 aromatic rings. The van der Waals surface area contributed by atoms with Gasteiger partial charge in [0.2, 0.25) is 0 Å². The molecule has 0 aromatic carbocycles. The number of aromatic nitrogens is 3. The highest BCUT2D eigenvalue weighted by atomic mass is 15.3. The molecule has 19 heavy (non-hydrogen) atoms. The number of pyridine rings is 1. The van der Waals surface area contributed by atoms with Crippen molar-refractivity contribution >= 4 is 5.69 Å². The van der Waals surface area contributed by atoms with Gasteiger partial charge in [-0.3, -0.25) is 0 Å². The van der Waals surface area contributed by atoms with Gasteiger partial charge in [-0.25, -0.2) is 9.67 Å². The molecule has 2 aromatic heterocycles. The van der Waals surface area contributed by atoms with Crippen LogP contribution in [0.25, 0.3) is 5.82 Å². The molecule has 3 rings (SSSR count). The molecular weight excluding hydrogens is 236 g/mol. The summed E-state index contributed by atoms with van der Waals surface area (Å²) >= 11 is 0. The highest BCUT2D eigenvalue weighted by Crippen LogP contribution is 2.31.